The number of halogens is 1. The van der Waals surface area contributed by atoms with Gasteiger partial charge in [0.1, 0.15) is 11.6 Å². The Balaban J connectivity index is 0.00000324. The molecule has 4 rings (SSSR count). The predicted molar refractivity (Wildman–Crippen MR) is 147 cm³/mol. The molecule has 7 nitrogen and oxygen atoms in total. The molecule has 2 aromatic carbocycles. The zero-order valence-electron chi connectivity index (χ0n) is 20.5. The van der Waals surface area contributed by atoms with Crippen LogP contribution < -0.4 is 15.4 Å². The summed E-state index contributed by atoms with van der Waals surface area (Å²) in [6, 6.07) is 15.0. The van der Waals surface area contributed by atoms with E-state index in [1.54, 1.807) is 7.11 Å². The molecule has 0 fully saturated rings. The van der Waals surface area contributed by atoms with E-state index in [9.17, 15) is 0 Å². The first kappa shape index (κ1) is 26.0. The molecule has 1 aliphatic rings. The molecule has 2 N–H and O–H groups in total. The van der Waals surface area contributed by atoms with Crippen LogP contribution in [0, 0.1) is 6.92 Å². The van der Waals surface area contributed by atoms with Crippen molar-refractivity contribution in [1.29, 1.82) is 0 Å². The first-order valence-electron chi connectivity index (χ1n) is 11.7. The summed E-state index contributed by atoms with van der Waals surface area (Å²) < 4.78 is 7.25. The zero-order valence-corrected chi connectivity index (χ0v) is 22.8. The number of hydrogen-bond acceptors (Lipinski definition) is 4. The van der Waals surface area contributed by atoms with Crippen molar-refractivity contribution in [3.05, 3.63) is 76.4 Å². The van der Waals surface area contributed by atoms with Crippen LogP contribution in [0.15, 0.2) is 47.5 Å². The summed E-state index contributed by atoms with van der Waals surface area (Å²) >= 11 is 0. The van der Waals surface area contributed by atoms with E-state index in [-0.39, 0.29) is 30.0 Å². The lowest BCUT2D eigenvalue weighted by Gasteiger charge is -2.22. The van der Waals surface area contributed by atoms with Crippen molar-refractivity contribution in [1.82, 2.24) is 25.4 Å². The number of methoxy groups -OCH3 is 1. The van der Waals surface area contributed by atoms with E-state index in [1.807, 2.05) is 42.8 Å². The molecule has 0 amide bonds. The molecule has 1 atom stereocenters. The second-order valence-corrected chi connectivity index (χ2v) is 8.69. The van der Waals surface area contributed by atoms with E-state index in [1.165, 1.54) is 42.4 Å². The number of fused-ring (bicyclic) bond motifs is 1. The predicted octanol–water partition coefficient (Wildman–Crippen LogP) is 4.63. The fourth-order valence-electron chi connectivity index (χ4n) is 4.13. The van der Waals surface area contributed by atoms with E-state index in [2.05, 4.69) is 46.0 Å². The van der Waals surface area contributed by atoms with Crippen molar-refractivity contribution >= 4 is 29.9 Å². The Bertz CT molecular complexity index is 1110. The molecule has 1 heterocycles. The molecular formula is C26H35IN6O. The topological polar surface area (TPSA) is 76.4 Å². The van der Waals surface area contributed by atoms with E-state index < -0.39 is 0 Å². The lowest BCUT2D eigenvalue weighted by molar-refractivity contribution is 0.414. The third-order valence-electron chi connectivity index (χ3n) is 6.40. The Morgan fingerprint density at radius 1 is 1.09 bits per heavy atom. The Labute approximate surface area is 219 Å². The summed E-state index contributed by atoms with van der Waals surface area (Å²) in [6.45, 7) is 5.24. The minimum atomic E-state index is 0. The summed E-state index contributed by atoms with van der Waals surface area (Å²) in [5.41, 5.74) is 5.39. The summed E-state index contributed by atoms with van der Waals surface area (Å²) in [4.78, 5) is 4.85. The van der Waals surface area contributed by atoms with Crippen molar-refractivity contribution in [2.45, 2.75) is 58.7 Å². The molecule has 1 unspecified atom stereocenters. The molecule has 3 aromatic rings. The molecule has 1 aromatic heterocycles. The van der Waals surface area contributed by atoms with Gasteiger partial charge in [-0.3, -0.25) is 0 Å². The number of nitrogens with one attached hydrogen (secondary N) is 2. The fraction of sp³-hybridized carbons (Fsp3) is 0.423. The lowest BCUT2D eigenvalue weighted by Crippen LogP contribution is -2.39. The van der Waals surface area contributed by atoms with Gasteiger partial charge in [-0.1, -0.05) is 30.3 Å². The van der Waals surface area contributed by atoms with Crippen LogP contribution in [0.5, 0.6) is 5.75 Å². The van der Waals surface area contributed by atoms with Crippen LogP contribution in [0.2, 0.25) is 0 Å². The van der Waals surface area contributed by atoms with E-state index in [0.717, 1.165) is 28.9 Å². The summed E-state index contributed by atoms with van der Waals surface area (Å²) in [7, 11) is 3.65. The van der Waals surface area contributed by atoms with Gasteiger partial charge in [-0.15, -0.1) is 34.2 Å². The maximum atomic E-state index is 5.26. The Morgan fingerprint density at radius 3 is 2.50 bits per heavy atom. The van der Waals surface area contributed by atoms with Gasteiger partial charge in [0.05, 0.1) is 26.2 Å². The molecule has 0 saturated heterocycles. The largest absolute Gasteiger partial charge is 0.497 e. The number of aryl methyl sites for hydroxylation is 3. The number of guanidine groups is 1. The minimum Gasteiger partial charge on any atom is -0.497 e. The smallest absolute Gasteiger partial charge is 0.192 e. The van der Waals surface area contributed by atoms with Gasteiger partial charge < -0.3 is 19.9 Å². The number of ether oxygens (including phenoxy) is 1. The zero-order chi connectivity index (χ0) is 23.2. The molecule has 8 heteroatoms. The van der Waals surface area contributed by atoms with Crippen LogP contribution in [0.25, 0.3) is 0 Å². The Hall–Kier alpha value is -2.62. The summed E-state index contributed by atoms with van der Waals surface area (Å²) in [6.07, 6.45) is 4.96. The third kappa shape index (κ3) is 6.49. The van der Waals surface area contributed by atoms with Crippen LogP contribution in [0.1, 0.15) is 59.7 Å². The van der Waals surface area contributed by atoms with Gasteiger partial charge in [0.2, 0.25) is 0 Å². The number of rotatable bonds is 7. The second kappa shape index (κ2) is 12.2. The van der Waals surface area contributed by atoms with Gasteiger partial charge in [0.25, 0.3) is 0 Å². The Kier molecular flexibility index (Phi) is 9.32. The fourth-order valence-corrected chi connectivity index (χ4v) is 4.13. The monoisotopic (exact) mass is 574 g/mol. The molecule has 0 aliphatic heterocycles. The molecular weight excluding hydrogens is 539 g/mol. The molecule has 182 valence electrons. The van der Waals surface area contributed by atoms with Gasteiger partial charge in [0, 0.05) is 7.05 Å². The standard InChI is InChI=1S/C26H34N6O.HI/c1-18(22-12-11-21-7-5-6-8-23(21)15-22)29-26(28-17-25-31-30-19(2)32(25)3)27-16-20-9-13-24(33-4)14-10-20;/h9-15,18H,5-8,16-17H2,1-4H3,(H2,27,28,29);1H. The van der Waals surface area contributed by atoms with E-state index in [0.29, 0.717) is 13.1 Å². The highest BCUT2D eigenvalue weighted by Crippen LogP contribution is 2.24. The maximum Gasteiger partial charge on any atom is 0.192 e. The van der Waals surface area contributed by atoms with E-state index >= 15 is 0 Å². The van der Waals surface area contributed by atoms with Gasteiger partial charge in [-0.05, 0) is 73.9 Å². The first-order chi connectivity index (χ1) is 16.0. The number of benzene rings is 2. The van der Waals surface area contributed by atoms with Crippen molar-refractivity contribution in [2.75, 3.05) is 7.11 Å². The molecule has 0 spiro atoms. The van der Waals surface area contributed by atoms with Crippen LogP contribution in [-0.2, 0) is 33.0 Å². The SMILES string of the molecule is COc1ccc(CN=C(NCc2nnc(C)n2C)NC(C)c2ccc3c(c2)CCCC3)cc1.I. The van der Waals surface area contributed by atoms with Gasteiger partial charge >= 0.3 is 0 Å². The number of aromatic nitrogens is 3. The summed E-state index contributed by atoms with van der Waals surface area (Å²) in [5, 5.41) is 15.4. The highest BCUT2D eigenvalue weighted by atomic mass is 127. The van der Waals surface area contributed by atoms with Crippen LogP contribution in [0.3, 0.4) is 0 Å². The van der Waals surface area contributed by atoms with Gasteiger partial charge in [-0.25, -0.2) is 4.99 Å². The Morgan fingerprint density at radius 2 is 1.82 bits per heavy atom. The molecule has 34 heavy (non-hydrogen) atoms. The third-order valence-corrected chi connectivity index (χ3v) is 6.40. The lowest BCUT2D eigenvalue weighted by atomic mass is 9.89. The van der Waals surface area contributed by atoms with Crippen molar-refractivity contribution < 1.29 is 4.74 Å². The number of hydrogen-bond donors (Lipinski definition) is 2. The molecule has 1 aliphatic carbocycles. The van der Waals surface area contributed by atoms with Crippen LogP contribution >= 0.6 is 24.0 Å². The minimum absolute atomic E-state index is 0. The number of aliphatic imine (C=N–C) groups is 1. The average molecular weight is 575 g/mol. The highest BCUT2D eigenvalue weighted by Gasteiger charge is 2.14. The number of nitrogens with zero attached hydrogens (tertiary/aromatic N) is 4. The maximum absolute atomic E-state index is 5.26. The van der Waals surface area contributed by atoms with Crippen LogP contribution in [0.4, 0.5) is 0 Å². The average Bonchev–Trinajstić information content (AvgIpc) is 3.17. The van der Waals surface area contributed by atoms with Crippen LogP contribution in [-0.4, -0.2) is 27.8 Å². The van der Waals surface area contributed by atoms with E-state index in [4.69, 9.17) is 9.73 Å². The van der Waals surface area contributed by atoms with Crippen molar-refractivity contribution in [2.24, 2.45) is 12.0 Å². The highest BCUT2D eigenvalue weighted by molar-refractivity contribution is 14.0. The molecule has 0 radical (unpaired) electrons. The first-order valence-corrected chi connectivity index (χ1v) is 11.7. The normalized spacial score (nSPS) is 14.1. The quantitative estimate of drug-likeness (QED) is 0.245. The van der Waals surface area contributed by atoms with Gasteiger partial charge in [-0.2, -0.15) is 0 Å². The van der Waals surface area contributed by atoms with Crippen molar-refractivity contribution in [3.63, 3.8) is 0 Å². The molecule has 0 bridgehead atoms. The summed E-state index contributed by atoms with van der Waals surface area (Å²) in [5.74, 6) is 3.35. The molecule has 0 saturated carbocycles. The van der Waals surface area contributed by atoms with Gasteiger partial charge in [0.15, 0.2) is 11.8 Å². The van der Waals surface area contributed by atoms with Crippen molar-refractivity contribution in [3.8, 4) is 5.75 Å². The second-order valence-electron chi connectivity index (χ2n) is 8.69.